The van der Waals surface area contributed by atoms with E-state index in [2.05, 4.69) is 93.5 Å². The van der Waals surface area contributed by atoms with Crippen molar-refractivity contribution in [3.8, 4) is 0 Å². The summed E-state index contributed by atoms with van der Waals surface area (Å²) in [6.45, 7) is 4.25. The molecule has 0 saturated carbocycles. The number of hydrogen-bond donors (Lipinski definition) is 0. The Labute approximate surface area is 190 Å². The molecule has 0 spiro atoms. The van der Waals surface area contributed by atoms with Crippen LogP contribution in [0.3, 0.4) is 0 Å². The molecule has 1 nitrogen and oxygen atoms in total. The first kappa shape index (κ1) is 25.9. The second-order valence-corrected chi connectivity index (χ2v) is 8.86. The molecule has 142 valence electrons. The van der Waals surface area contributed by atoms with Crippen LogP contribution in [0.25, 0.3) is 21.5 Å². The fraction of sp³-hybridized carbons (Fsp3) is 0.217. The Bertz CT molecular complexity index is 893. The van der Waals surface area contributed by atoms with Crippen LogP contribution < -0.4 is 29.7 Å². The molecule has 0 radical (unpaired) electrons. The van der Waals surface area contributed by atoms with Crippen LogP contribution in [0.5, 0.6) is 0 Å². The molecule has 0 N–H and O–H groups in total. The summed E-state index contributed by atoms with van der Waals surface area (Å²) in [5.41, 5.74) is 1.25. The van der Waals surface area contributed by atoms with Gasteiger partial charge in [0, 0.05) is 19.8 Å². The Morgan fingerprint density at radius 2 is 1.63 bits per heavy atom. The van der Waals surface area contributed by atoms with Crippen LogP contribution in [-0.4, -0.2) is 17.3 Å². The van der Waals surface area contributed by atoms with E-state index in [0.717, 1.165) is 6.42 Å². The third-order valence-electron chi connectivity index (χ3n) is 3.70. The standard InChI is InChI=1S/C15H14N.C5H5.C3H6.2ClH.Zr/c1-16(2)13-7-8-15-12(10-13)9-11-5-3-4-6-14(11)15;1-2-4-5-3-1;1-3-2;;;/h3-10H,1-2H3;1-3H,4H2;1-2H3;2*1H;/q2*-1;;;;+2/p-2. The molecule has 3 aromatic rings. The van der Waals surface area contributed by atoms with E-state index in [0.29, 0.717) is 0 Å². The molecule has 0 fully saturated rings. The van der Waals surface area contributed by atoms with E-state index in [9.17, 15) is 0 Å². The maximum Gasteiger partial charge on any atom is -0.109 e. The number of benzene rings is 2. The van der Waals surface area contributed by atoms with E-state index in [1.54, 1.807) is 24.2 Å². The van der Waals surface area contributed by atoms with Crippen molar-refractivity contribution in [2.24, 2.45) is 0 Å². The Morgan fingerprint density at radius 3 is 2.15 bits per heavy atom. The molecule has 0 atom stereocenters. The molecule has 4 heteroatoms. The van der Waals surface area contributed by atoms with E-state index in [1.807, 2.05) is 12.2 Å². The van der Waals surface area contributed by atoms with Crippen molar-refractivity contribution in [2.75, 3.05) is 19.0 Å². The minimum Gasteiger partial charge on any atom is -1.00 e. The molecule has 0 saturated heterocycles. The van der Waals surface area contributed by atoms with Crippen LogP contribution >= 0.6 is 0 Å². The van der Waals surface area contributed by atoms with Gasteiger partial charge in [-0.15, -0.1) is 40.1 Å². The fourth-order valence-corrected chi connectivity index (χ4v) is 2.57. The van der Waals surface area contributed by atoms with Gasteiger partial charge in [-0.3, -0.25) is 6.08 Å². The number of nitrogens with zero attached hydrogens (tertiary/aromatic N) is 1. The van der Waals surface area contributed by atoms with Crippen molar-refractivity contribution < 1.29 is 49.0 Å². The quantitative estimate of drug-likeness (QED) is 0.441. The fourth-order valence-electron chi connectivity index (χ4n) is 2.57. The van der Waals surface area contributed by atoms with Crippen LogP contribution in [0.2, 0.25) is 0 Å². The normalized spacial score (nSPS) is 10.9. The van der Waals surface area contributed by atoms with Crippen molar-refractivity contribution in [1.29, 1.82) is 0 Å². The summed E-state index contributed by atoms with van der Waals surface area (Å²) in [5.74, 6) is 0. The molecule has 0 bridgehead atoms. The van der Waals surface area contributed by atoms with E-state index in [4.69, 9.17) is 0 Å². The van der Waals surface area contributed by atoms with E-state index in [-0.39, 0.29) is 24.8 Å². The molecular weight excluding hydrogens is 452 g/mol. The zero-order chi connectivity index (χ0) is 18.2. The average Bonchev–Trinajstić information content (AvgIpc) is 3.25. The van der Waals surface area contributed by atoms with Gasteiger partial charge in [0.25, 0.3) is 0 Å². The summed E-state index contributed by atoms with van der Waals surface area (Å²) < 4.78 is 1.51. The summed E-state index contributed by atoms with van der Waals surface area (Å²) in [6, 6.07) is 17.4. The van der Waals surface area contributed by atoms with Gasteiger partial charge in [-0.05, 0) is 0 Å². The molecule has 1 aliphatic rings. The third-order valence-corrected chi connectivity index (χ3v) is 3.70. The van der Waals surface area contributed by atoms with Crippen LogP contribution in [0.1, 0.15) is 20.3 Å². The molecule has 0 unspecified atom stereocenters. The third kappa shape index (κ3) is 8.22. The average molecular weight is 478 g/mol. The van der Waals surface area contributed by atoms with Gasteiger partial charge < -0.3 is 29.7 Å². The van der Waals surface area contributed by atoms with E-state index >= 15 is 0 Å². The molecule has 0 amide bonds. The zero-order valence-corrected chi connectivity index (χ0v) is 20.2. The van der Waals surface area contributed by atoms with Gasteiger partial charge in [-0.2, -0.15) is 6.08 Å². The minimum atomic E-state index is 0. The Balaban J connectivity index is 0.000000518. The summed E-state index contributed by atoms with van der Waals surface area (Å²) in [4.78, 5) is 2.14. The van der Waals surface area contributed by atoms with Crippen molar-refractivity contribution in [2.45, 2.75) is 20.3 Å². The van der Waals surface area contributed by atoms with Crippen molar-refractivity contribution in [3.63, 3.8) is 0 Å². The number of halogens is 2. The zero-order valence-electron chi connectivity index (χ0n) is 16.3. The van der Waals surface area contributed by atoms with Crippen molar-refractivity contribution in [1.82, 2.24) is 0 Å². The second kappa shape index (κ2) is 13.2. The van der Waals surface area contributed by atoms with Gasteiger partial charge in [0.05, 0.1) is 0 Å². The molecule has 3 aromatic carbocycles. The first-order valence-electron chi connectivity index (χ1n) is 8.48. The van der Waals surface area contributed by atoms with Crippen LogP contribution in [0.15, 0.2) is 66.8 Å². The Kier molecular flexibility index (Phi) is 12.6. The molecule has 4 rings (SSSR count). The van der Waals surface area contributed by atoms with Gasteiger partial charge in [0.2, 0.25) is 0 Å². The molecule has 0 aliphatic heterocycles. The monoisotopic (exact) mass is 475 g/mol. The predicted octanol–water partition coefficient (Wildman–Crippen LogP) is -0.163. The van der Waals surface area contributed by atoms with Gasteiger partial charge in [-0.1, -0.05) is 36.4 Å². The largest absolute Gasteiger partial charge is 1.00 e. The summed E-state index contributed by atoms with van der Waals surface area (Å²) in [7, 11) is 4.15. The van der Waals surface area contributed by atoms with Crippen LogP contribution in [0.4, 0.5) is 5.69 Å². The molecule has 0 heterocycles. The number of hydrogen-bond acceptors (Lipinski definition) is 1. The number of rotatable bonds is 1. The smallest absolute Gasteiger partial charge is 0.109 e. The van der Waals surface area contributed by atoms with Crippen LogP contribution in [-0.2, 0) is 24.2 Å². The second-order valence-electron chi connectivity index (χ2n) is 6.40. The molecular formula is C23H25Cl2NZr-2. The SMILES string of the molecule is CN(C)c1ccc2c(c1)[cH-]c1ccccc12.C[C](C)=[Zr+2].[C-]1=CC=CC1.[Cl-].[Cl-]. The molecule has 1 aliphatic carbocycles. The minimum absolute atomic E-state index is 0. The topological polar surface area (TPSA) is 3.24 Å². The summed E-state index contributed by atoms with van der Waals surface area (Å²) in [5, 5.41) is 5.35. The number of anilines is 1. The summed E-state index contributed by atoms with van der Waals surface area (Å²) >= 11 is 1.55. The van der Waals surface area contributed by atoms with Gasteiger partial charge in [-0.25, -0.2) is 12.2 Å². The number of allylic oxidation sites excluding steroid dienone is 4. The van der Waals surface area contributed by atoms with Crippen molar-refractivity contribution >= 4 is 30.4 Å². The Morgan fingerprint density at radius 1 is 1.00 bits per heavy atom. The maximum absolute atomic E-state index is 2.99. The molecule has 27 heavy (non-hydrogen) atoms. The van der Waals surface area contributed by atoms with Crippen molar-refractivity contribution in [3.05, 3.63) is 72.8 Å². The molecule has 0 aromatic heterocycles. The van der Waals surface area contributed by atoms with Gasteiger partial charge >= 0.3 is 41.3 Å². The Hall–Kier alpha value is -1.08. The van der Waals surface area contributed by atoms with Gasteiger partial charge in [0.15, 0.2) is 0 Å². The predicted molar refractivity (Wildman–Crippen MR) is 109 cm³/mol. The maximum atomic E-state index is 2.99. The number of fused-ring (bicyclic) bond motifs is 3. The van der Waals surface area contributed by atoms with Gasteiger partial charge in [0.1, 0.15) is 0 Å². The van der Waals surface area contributed by atoms with E-state index in [1.165, 1.54) is 30.4 Å². The van der Waals surface area contributed by atoms with E-state index < -0.39 is 0 Å². The van der Waals surface area contributed by atoms with Crippen LogP contribution in [0, 0.1) is 6.08 Å². The first-order chi connectivity index (χ1) is 12.0. The summed E-state index contributed by atoms with van der Waals surface area (Å²) in [6.07, 6.45) is 10.0. The first-order valence-corrected chi connectivity index (χ1v) is 9.71.